The second kappa shape index (κ2) is 6.20. The van der Waals surface area contributed by atoms with Gasteiger partial charge >= 0.3 is 0 Å². The van der Waals surface area contributed by atoms with Crippen LogP contribution in [0.1, 0.15) is 24.3 Å². The molecule has 0 unspecified atom stereocenters. The average molecular weight is 258 g/mol. The van der Waals surface area contributed by atoms with E-state index in [2.05, 4.69) is 5.32 Å². The molecule has 4 heteroatoms. The molecular formula is C15H18N2O2. The second-order valence-electron chi connectivity index (χ2n) is 4.54. The van der Waals surface area contributed by atoms with E-state index in [1.807, 2.05) is 43.3 Å². The zero-order chi connectivity index (χ0) is 13.7. The highest BCUT2D eigenvalue weighted by Gasteiger charge is 2.18. The van der Waals surface area contributed by atoms with Crippen LogP contribution in [0.5, 0.6) is 0 Å². The van der Waals surface area contributed by atoms with Crippen molar-refractivity contribution >= 4 is 5.91 Å². The van der Waals surface area contributed by atoms with Crippen molar-refractivity contribution < 1.29 is 9.21 Å². The Balaban J connectivity index is 1.89. The molecule has 0 spiro atoms. The normalized spacial score (nSPS) is 13.8. The highest BCUT2D eigenvalue weighted by Crippen LogP contribution is 2.12. The Morgan fingerprint density at radius 2 is 2.00 bits per heavy atom. The van der Waals surface area contributed by atoms with E-state index >= 15 is 0 Å². The van der Waals surface area contributed by atoms with Crippen molar-refractivity contribution in [1.82, 2.24) is 5.32 Å². The van der Waals surface area contributed by atoms with Crippen molar-refractivity contribution in [2.24, 2.45) is 5.73 Å². The first-order valence-corrected chi connectivity index (χ1v) is 6.30. The van der Waals surface area contributed by atoms with Crippen LogP contribution >= 0.6 is 0 Å². The van der Waals surface area contributed by atoms with Gasteiger partial charge in [-0.2, -0.15) is 0 Å². The van der Waals surface area contributed by atoms with Crippen LogP contribution in [0.15, 0.2) is 53.1 Å². The molecule has 0 aliphatic heterocycles. The molecule has 1 aromatic heterocycles. The Labute approximate surface area is 112 Å². The van der Waals surface area contributed by atoms with Gasteiger partial charge in [-0.25, -0.2) is 0 Å². The van der Waals surface area contributed by atoms with Crippen LogP contribution in [0, 0.1) is 0 Å². The van der Waals surface area contributed by atoms with Gasteiger partial charge in [-0.05, 0) is 31.0 Å². The number of amides is 1. The average Bonchev–Trinajstić information content (AvgIpc) is 2.93. The Bertz CT molecular complexity index is 508. The molecule has 2 atom stereocenters. The van der Waals surface area contributed by atoms with E-state index in [0.717, 1.165) is 11.3 Å². The van der Waals surface area contributed by atoms with Crippen molar-refractivity contribution in [3.8, 4) is 0 Å². The molecule has 0 bridgehead atoms. The summed E-state index contributed by atoms with van der Waals surface area (Å²) in [6.45, 7) is 1.87. The lowest BCUT2D eigenvalue weighted by Crippen LogP contribution is -2.42. The predicted octanol–water partition coefficient (Wildman–Crippen LogP) is 2.03. The fraction of sp³-hybridized carbons (Fsp3) is 0.267. The molecule has 1 heterocycles. The van der Waals surface area contributed by atoms with E-state index in [0.29, 0.717) is 6.42 Å². The maximum Gasteiger partial charge on any atom is 0.237 e. The Morgan fingerprint density at radius 1 is 1.26 bits per heavy atom. The molecule has 19 heavy (non-hydrogen) atoms. The highest BCUT2D eigenvalue weighted by atomic mass is 16.3. The molecule has 100 valence electrons. The molecule has 4 nitrogen and oxygen atoms in total. The molecule has 1 amide bonds. The molecule has 0 saturated heterocycles. The topological polar surface area (TPSA) is 68.3 Å². The Hall–Kier alpha value is -2.07. The Morgan fingerprint density at radius 3 is 2.63 bits per heavy atom. The van der Waals surface area contributed by atoms with Gasteiger partial charge in [-0.15, -0.1) is 0 Å². The van der Waals surface area contributed by atoms with Gasteiger partial charge in [0.25, 0.3) is 0 Å². The molecule has 3 N–H and O–H groups in total. The van der Waals surface area contributed by atoms with Crippen LogP contribution in [0.25, 0.3) is 0 Å². The number of furan rings is 1. The van der Waals surface area contributed by atoms with Crippen LogP contribution in [-0.2, 0) is 11.2 Å². The van der Waals surface area contributed by atoms with Crippen molar-refractivity contribution in [2.75, 3.05) is 0 Å². The van der Waals surface area contributed by atoms with Crippen LogP contribution in [0.4, 0.5) is 0 Å². The first-order chi connectivity index (χ1) is 9.16. The molecule has 0 aliphatic carbocycles. The maximum absolute atomic E-state index is 12.0. The van der Waals surface area contributed by atoms with Crippen molar-refractivity contribution in [2.45, 2.75) is 25.4 Å². The van der Waals surface area contributed by atoms with E-state index in [-0.39, 0.29) is 11.9 Å². The maximum atomic E-state index is 12.0. The minimum absolute atomic E-state index is 0.173. The monoisotopic (exact) mass is 258 g/mol. The van der Waals surface area contributed by atoms with E-state index in [9.17, 15) is 4.79 Å². The lowest BCUT2D eigenvalue weighted by Gasteiger charge is -2.16. The van der Waals surface area contributed by atoms with E-state index in [1.165, 1.54) is 0 Å². The van der Waals surface area contributed by atoms with Crippen LogP contribution in [0.3, 0.4) is 0 Å². The molecule has 0 saturated carbocycles. The fourth-order valence-electron chi connectivity index (χ4n) is 1.89. The van der Waals surface area contributed by atoms with E-state index in [4.69, 9.17) is 10.2 Å². The zero-order valence-electron chi connectivity index (χ0n) is 10.9. The fourth-order valence-corrected chi connectivity index (χ4v) is 1.89. The summed E-state index contributed by atoms with van der Waals surface area (Å²) in [7, 11) is 0. The molecule has 0 aliphatic rings. The van der Waals surface area contributed by atoms with Crippen molar-refractivity contribution in [1.29, 1.82) is 0 Å². The Kier molecular flexibility index (Phi) is 4.36. The van der Waals surface area contributed by atoms with Gasteiger partial charge in [0.15, 0.2) is 0 Å². The summed E-state index contributed by atoms with van der Waals surface area (Å²) in [4.78, 5) is 12.0. The first kappa shape index (κ1) is 13.4. The first-order valence-electron chi connectivity index (χ1n) is 6.30. The van der Waals surface area contributed by atoms with Crippen molar-refractivity contribution in [3.63, 3.8) is 0 Å². The highest BCUT2D eigenvalue weighted by molar-refractivity contribution is 5.82. The summed E-state index contributed by atoms with van der Waals surface area (Å²) < 4.78 is 5.24. The largest absolute Gasteiger partial charge is 0.467 e. The number of carbonyl (C=O) groups is 1. The third kappa shape index (κ3) is 3.69. The number of nitrogens with one attached hydrogen (secondary N) is 1. The molecular weight excluding hydrogens is 240 g/mol. The minimum Gasteiger partial charge on any atom is -0.467 e. The standard InChI is InChI=1S/C15H18N2O2/c1-11(14-8-5-9-19-14)17-15(18)13(16)10-12-6-3-2-4-7-12/h2-9,11,13H,10,16H2,1H3,(H,17,18)/t11-,13-/m0/s1. The van der Waals surface area contributed by atoms with Crippen LogP contribution < -0.4 is 11.1 Å². The van der Waals surface area contributed by atoms with Gasteiger partial charge in [-0.1, -0.05) is 30.3 Å². The number of carbonyl (C=O) groups excluding carboxylic acids is 1. The molecule has 2 rings (SSSR count). The number of hydrogen-bond donors (Lipinski definition) is 2. The second-order valence-corrected chi connectivity index (χ2v) is 4.54. The van der Waals surface area contributed by atoms with Gasteiger partial charge in [0.2, 0.25) is 5.91 Å². The van der Waals surface area contributed by atoms with Gasteiger partial charge in [-0.3, -0.25) is 4.79 Å². The van der Waals surface area contributed by atoms with E-state index in [1.54, 1.807) is 12.3 Å². The van der Waals surface area contributed by atoms with Crippen molar-refractivity contribution in [3.05, 3.63) is 60.1 Å². The summed E-state index contributed by atoms with van der Waals surface area (Å²) in [5.74, 6) is 0.549. The van der Waals surface area contributed by atoms with Gasteiger partial charge in [0, 0.05) is 0 Å². The zero-order valence-corrected chi connectivity index (χ0v) is 10.9. The smallest absolute Gasteiger partial charge is 0.237 e. The summed E-state index contributed by atoms with van der Waals surface area (Å²) in [5, 5.41) is 2.84. The summed E-state index contributed by atoms with van der Waals surface area (Å²) in [5.41, 5.74) is 6.96. The summed E-state index contributed by atoms with van der Waals surface area (Å²) >= 11 is 0. The third-order valence-corrected chi connectivity index (χ3v) is 2.96. The molecule has 1 aromatic carbocycles. The number of rotatable bonds is 5. The van der Waals surface area contributed by atoms with E-state index < -0.39 is 6.04 Å². The van der Waals surface area contributed by atoms with Gasteiger partial charge in [0.05, 0.1) is 18.3 Å². The quantitative estimate of drug-likeness (QED) is 0.862. The lowest BCUT2D eigenvalue weighted by atomic mass is 10.1. The predicted molar refractivity (Wildman–Crippen MR) is 73.4 cm³/mol. The number of hydrogen-bond acceptors (Lipinski definition) is 3. The van der Waals surface area contributed by atoms with Crippen LogP contribution in [-0.4, -0.2) is 11.9 Å². The van der Waals surface area contributed by atoms with Crippen LogP contribution in [0.2, 0.25) is 0 Å². The lowest BCUT2D eigenvalue weighted by molar-refractivity contribution is -0.123. The SMILES string of the molecule is C[C@H](NC(=O)[C@@H](N)Cc1ccccc1)c1ccco1. The molecule has 0 fully saturated rings. The molecule has 0 radical (unpaired) electrons. The van der Waals surface area contributed by atoms with Gasteiger partial charge in [0.1, 0.15) is 5.76 Å². The van der Waals surface area contributed by atoms with Gasteiger partial charge < -0.3 is 15.5 Å². The third-order valence-electron chi connectivity index (χ3n) is 2.96. The summed E-state index contributed by atoms with van der Waals surface area (Å²) in [6.07, 6.45) is 2.11. The minimum atomic E-state index is -0.556. The number of benzene rings is 1. The number of nitrogens with two attached hydrogens (primary N) is 1. The summed E-state index contributed by atoms with van der Waals surface area (Å²) in [6, 6.07) is 12.6. The molecule has 2 aromatic rings.